The number of likely N-dealkylation sites (N-methyl/N-ethyl adjacent to an activating group) is 1. The van der Waals surface area contributed by atoms with Crippen molar-refractivity contribution in [3.8, 4) is 5.75 Å². The van der Waals surface area contributed by atoms with Gasteiger partial charge in [0.05, 0.1) is 11.6 Å². The molecule has 1 rings (SSSR count). The average Bonchev–Trinajstić information content (AvgIpc) is 2.41. The summed E-state index contributed by atoms with van der Waals surface area (Å²) in [4.78, 5) is 13.8. The molecule has 0 aromatic heterocycles. The van der Waals surface area contributed by atoms with Gasteiger partial charge in [-0.3, -0.25) is 4.79 Å². The van der Waals surface area contributed by atoms with Crippen LogP contribution in [0.4, 0.5) is 5.69 Å². The maximum atomic E-state index is 11.7. The van der Waals surface area contributed by atoms with E-state index in [1.54, 1.807) is 18.2 Å². The van der Waals surface area contributed by atoms with E-state index in [9.17, 15) is 4.79 Å². The number of nitrogens with two attached hydrogens (primary N) is 1. The number of ether oxygens (including phenoxy) is 2. The fourth-order valence-corrected chi connectivity index (χ4v) is 1.76. The first kappa shape index (κ1) is 24.5. The minimum Gasteiger partial charge on any atom is -0.491 e. The quantitative estimate of drug-likeness (QED) is 0.712. The van der Waals surface area contributed by atoms with Gasteiger partial charge >= 0.3 is 0 Å². The molecule has 0 saturated heterocycles. The number of methoxy groups -OCH3 is 1. The van der Waals surface area contributed by atoms with Gasteiger partial charge in [-0.1, -0.05) is 11.6 Å². The molecule has 1 aromatic carbocycles. The third-order valence-corrected chi connectivity index (χ3v) is 2.97. The van der Waals surface area contributed by atoms with Crippen LogP contribution in [0.3, 0.4) is 0 Å². The molecule has 0 bridgehead atoms. The van der Waals surface area contributed by atoms with Crippen LogP contribution in [0.15, 0.2) is 18.2 Å². The molecule has 0 aliphatic rings. The standard InChI is InChI=1S/C14H22ClN3O3.2ClH/c1-18(2)6-7-21-13-5-4-10(8-11(13)15)17-14(19)12(16)9-20-3;;/h4-5,8,12H,6-7,9,16H2,1-3H3,(H,17,19);2*1H. The van der Waals surface area contributed by atoms with Gasteiger partial charge in [0.2, 0.25) is 5.91 Å². The highest BCUT2D eigenvalue weighted by Gasteiger charge is 2.13. The number of nitrogens with one attached hydrogen (secondary N) is 1. The zero-order valence-corrected chi connectivity index (χ0v) is 15.8. The van der Waals surface area contributed by atoms with Crippen LogP contribution in [-0.2, 0) is 9.53 Å². The first-order valence-corrected chi connectivity index (χ1v) is 6.94. The number of anilines is 1. The van der Waals surface area contributed by atoms with E-state index >= 15 is 0 Å². The molecule has 1 unspecified atom stereocenters. The van der Waals surface area contributed by atoms with E-state index in [0.717, 1.165) is 6.54 Å². The maximum absolute atomic E-state index is 11.7. The molecule has 0 saturated carbocycles. The molecule has 1 aromatic rings. The third-order valence-electron chi connectivity index (χ3n) is 2.68. The molecule has 0 aliphatic carbocycles. The fourth-order valence-electron chi connectivity index (χ4n) is 1.52. The zero-order valence-electron chi connectivity index (χ0n) is 13.4. The van der Waals surface area contributed by atoms with Crippen LogP contribution in [0, 0.1) is 0 Å². The smallest absolute Gasteiger partial charge is 0.243 e. The molecule has 0 aliphatic heterocycles. The van der Waals surface area contributed by atoms with E-state index in [0.29, 0.717) is 23.1 Å². The van der Waals surface area contributed by atoms with E-state index < -0.39 is 6.04 Å². The number of carbonyl (C=O) groups is 1. The Balaban J connectivity index is 0. The molecule has 23 heavy (non-hydrogen) atoms. The van der Waals surface area contributed by atoms with Crippen LogP contribution < -0.4 is 15.8 Å². The summed E-state index contributed by atoms with van der Waals surface area (Å²) in [5.41, 5.74) is 6.20. The highest BCUT2D eigenvalue weighted by Crippen LogP contribution is 2.27. The second-order valence-electron chi connectivity index (χ2n) is 4.85. The second kappa shape index (κ2) is 12.6. The van der Waals surface area contributed by atoms with Crippen molar-refractivity contribution in [1.29, 1.82) is 0 Å². The Morgan fingerprint density at radius 2 is 2.04 bits per heavy atom. The molecule has 6 nitrogen and oxygen atoms in total. The van der Waals surface area contributed by atoms with Crippen LogP contribution in [0.2, 0.25) is 5.02 Å². The maximum Gasteiger partial charge on any atom is 0.243 e. The largest absolute Gasteiger partial charge is 0.491 e. The fraction of sp³-hybridized carbons (Fsp3) is 0.500. The van der Waals surface area contributed by atoms with Crippen LogP contribution in [0.25, 0.3) is 0 Å². The van der Waals surface area contributed by atoms with E-state index in [1.165, 1.54) is 7.11 Å². The van der Waals surface area contributed by atoms with Crippen LogP contribution in [0.5, 0.6) is 5.75 Å². The van der Waals surface area contributed by atoms with Crippen molar-refractivity contribution in [2.45, 2.75) is 6.04 Å². The summed E-state index contributed by atoms with van der Waals surface area (Å²) >= 11 is 6.12. The van der Waals surface area contributed by atoms with E-state index in [1.807, 2.05) is 19.0 Å². The lowest BCUT2D eigenvalue weighted by Gasteiger charge is -2.14. The predicted octanol–water partition coefficient (Wildman–Crippen LogP) is 2.04. The molecular formula is C14H24Cl3N3O3. The molecule has 3 N–H and O–H groups in total. The highest BCUT2D eigenvalue weighted by molar-refractivity contribution is 6.32. The van der Waals surface area contributed by atoms with E-state index in [4.69, 9.17) is 26.8 Å². The number of hydrogen-bond donors (Lipinski definition) is 2. The summed E-state index contributed by atoms with van der Waals surface area (Å²) in [5, 5.41) is 3.11. The van der Waals surface area contributed by atoms with Gasteiger partial charge in [-0.15, -0.1) is 24.8 Å². The number of rotatable bonds is 8. The summed E-state index contributed by atoms with van der Waals surface area (Å²) in [5.74, 6) is 0.256. The Morgan fingerprint density at radius 3 is 2.57 bits per heavy atom. The first-order chi connectivity index (χ1) is 9.93. The van der Waals surface area contributed by atoms with Gasteiger partial charge in [-0.2, -0.15) is 0 Å². The van der Waals surface area contributed by atoms with Crippen molar-refractivity contribution in [2.75, 3.05) is 46.3 Å². The van der Waals surface area contributed by atoms with Crippen molar-refractivity contribution in [3.05, 3.63) is 23.2 Å². The molecule has 1 amide bonds. The normalized spacial score (nSPS) is 11.2. The number of carbonyl (C=O) groups excluding carboxylic acids is 1. The average molecular weight is 389 g/mol. The van der Waals surface area contributed by atoms with Crippen molar-refractivity contribution in [1.82, 2.24) is 4.90 Å². The molecule has 0 radical (unpaired) electrons. The van der Waals surface area contributed by atoms with Crippen molar-refractivity contribution < 1.29 is 14.3 Å². The molecule has 1 atom stereocenters. The number of nitrogens with zero attached hydrogens (tertiary/aromatic N) is 1. The number of benzene rings is 1. The molecule has 9 heteroatoms. The number of amides is 1. The highest BCUT2D eigenvalue weighted by atomic mass is 35.5. The Hall–Kier alpha value is -0.760. The van der Waals surface area contributed by atoms with Gasteiger partial charge in [-0.05, 0) is 32.3 Å². The minimum absolute atomic E-state index is 0. The van der Waals surface area contributed by atoms with Crippen LogP contribution in [0.1, 0.15) is 0 Å². The lowest BCUT2D eigenvalue weighted by Crippen LogP contribution is -2.39. The summed E-state index contributed by atoms with van der Waals surface area (Å²) in [6.45, 7) is 1.49. The topological polar surface area (TPSA) is 76.8 Å². The predicted molar refractivity (Wildman–Crippen MR) is 98.5 cm³/mol. The molecule has 134 valence electrons. The minimum atomic E-state index is -0.718. The third kappa shape index (κ3) is 9.20. The summed E-state index contributed by atoms with van der Waals surface area (Å²) in [6.07, 6.45) is 0. The van der Waals surface area contributed by atoms with Crippen molar-refractivity contribution in [3.63, 3.8) is 0 Å². The first-order valence-electron chi connectivity index (χ1n) is 6.56. The van der Waals surface area contributed by atoms with Crippen molar-refractivity contribution >= 4 is 48.0 Å². The van der Waals surface area contributed by atoms with Gasteiger partial charge in [0, 0.05) is 19.3 Å². The summed E-state index contributed by atoms with van der Waals surface area (Å²) in [6, 6.07) is 4.35. The van der Waals surface area contributed by atoms with E-state index in [2.05, 4.69) is 5.32 Å². The molecular weight excluding hydrogens is 365 g/mol. The summed E-state index contributed by atoms with van der Waals surface area (Å²) < 4.78 is 10.4. The van der Waals surface area contributed by atoms with Gasteiger partial charge < -0.3 is 25.4 Å². The Kier molecular flexibility index (Phi) is 13.5. The SMILES string of the molecule is COCC(N)C(=O)Nc1ccc(OCCN(C)C)c(Cl)c1.Cl.Cl. The van der Waals surface area contributed by atoms with Gasteiger partial charge in [0.25, 0.3) is 0 Å². The Morgan fingerprint density at radius 1 is 1.39 bits per heavy atom. The van der Waals surface area contributed by atoms with Gasteiger partial charge in [0.1, 0.15) is 18.4 Å². The Bertz CT molecular complexity index is 476. The molecule has 0 fully saturated rings. The monoisotopic (exact) mass is 387 g/mol. The van der Waals surface area contributed by atoms with Crippen LogP contribution >= 0.6 is 36.4 Å². The van der Waals surface area contributed by atoms with Crippen molar-refractivity contribution in [2.24, 2.45) is 5.73 Å². The Labute approximate surface area is 154 Å². The van der Waals surface area contributed by atoms with Gasteiger partial charge in [-0.25, -0.2) is 0 Å². The zero-order chi connectivity index (χ0) is 15.8. The number of hydrogen-bond acceptors (Lipinski definition) is 5. The summed E-state index contributed by atoms with van der Waals surface area (Å²) in [7, 11) is 5.42. The van der Waals surface area contributed by atoms with Gasteiger partial charge in [0.15, 0.2) is 0 Å². The lowest BCUT2D eigenvalue weighted by molar-refractivity contribution is -0.118. The molecule has 0 heterocycles. The lowest BCUT2D eigenvalue weighted by atomic mass is 10.2. The van der Waals surface area contributed by atoms with Crippen LogP contribution in [-0.4, -0.2) is 57.8 Å². The van der Waals surface area contributed by atoms with E-state index in [-0.39, 0.29) is 37.3 Å². The second-order valence-corrected chi connectivity index (χ2v) is 5.26. The molecule has 0 spiro atoms. The number of halogens is 3.